The monoisotopic (exact) mass is 273 g/mol. The number of ether oxygens (including phenoxy) is 1. The Hall–Kier alpha value is -2.14. The third-order valence-corrected chi connectivity index (χ3v) is 4.04. The Kier molecular flexibility index (Phi) is 3.05. The lowest BCUT2D eigenvalue weighted by molar-refractivity contribution is -0.139. The summed E-state index contributed by atoms with van der Waals surface area (Å²) in [5.74, 6) is -0.874. The Balaban J connectivity index is 1.98. The Morgan fingerprint density at radius 2 is 2.16 bits per heavy atom. The second-order valence-corrected chi connectivity index (χ2v) is 5.19. The van der Waals surface area contributed by atoms with E-state index in [0.29, 0.717) is 0 Å². The molecule has 0 radical (unpaired) electrons. The number of rotatable bonds is 3. The van der Waals surface area contributed by atoms with Crippen LogP contribution in [0.2, 0.25) is 0 Å². The van der Waals surface area contributed by atoms with E-state index < -0.39 is 12.1 Å². The average molecular weight is 273 g/mol. The van der Waals surface area contributed by atoms with E-state index in [0.717, 1.165) is 21.1 Å². The van der Waals surface area contributed by atoms with E-state index >= 15 is 0 Å². The molecule has 0 amide bonds. The first-order valence-electron chi connectivity index (χ1n) is 5.84. The van der Waals surface area contributed by atoms with Gasteiger partial charge < -0.3 is 9.84 Å². The van der Waals surface area contributed by atoms with Crippen LogP contribution in [0.15, 0.2) is 36.6 Å². The standard InChI is InChI=1S/C14H11NO3S/c16-12(17)8-11-13-10(6-7-18-11)15-14(19-13)9-4-2-1-3-5-9/h1-7,11H,8H2,(H,16,17). The number of nitrogens with zero attached hydrogens (tertiary/aromatic N) is 1. The summed E-state index contributed by atoms with van der Waals surface area (Å²) in [6.45, 7) is 0. The molecule has 0 spiro atoms. The molecular formula is C14H11NO3S. The third kappa shape index (κ3) is 2.37. The van der Waals surface area contributed by atoms with E-state index in [1.54, 1.807) is 6.08 Å². The van der Waals surface area contributed by atoms with Crippen LogP contribution in [0.5, 0.6) is 0 Å². The van der Waals surface area contributed by atoms with Gasteiger partial charge in [-0.25, -0.2) is 4.98 Å². The molecule has 1 unspecified atom stereocenters. The predicted molar refractivity (Wildman–Crippen MR) is 72.7 cm³/mol. The molecule has 1 aliphatic rings. The van der Waals surface area contributed by atoms with Crippen molar-refractivity contribution in [2.24, 2.45) is 0 Å². The highest BCUT2D eigenvalue weighted by Crippen LogP contribution is 2.38. The molecule has 0 bridgehead atoms. The Bertz CT molecular complexity index is 633. The average Bonchev–Trinajstić information content (AvgIpc) is 2.84. The van der Waals surface area contributed by atoms with Crippen LogP contribution in [0.25, 0.3) is 16.6 Å². The summed E-state index contributed by atoms with van der Waals surface area (Å²) in [5, 5.41) is 9.78. The summed E-state index contributed by atoms with van der Waals surface area (Å²) in [7, 11) is 0. The van der Waals surface area contributed by atoms with Crippen LogP contribution in [0.4, 0.5) is 0 Å². The minimum atomic E-state index is -0.874. The van der Waals surface area contributed by atoms with Gasteiger partial charge in [-0.1, -0.05) is 30.3 Å². The van der Waals surface area contributed by atoms with E-state index in [1.807, 2.05) is 30.3 Å². The Labute approximate surface area is 114 Å². The van der Waals surface area contributed by atoms with Crippen molar-refractivity contribution in [3.63, 3.8) is 0 Å². The Morgan fingerprint density at radius 3 is 2.89 bits per heavy atom. The number of aromatic nitrogens is 1. The van der Waals surface area contributed by atoms with Crippen LogP contribution in [0.3, 0.4) is 0 Å². The molecule has 5 heteroatoms. The van der Waals surface area contributed by atoms with E-state index in [9.17, 15) is 4.79 Å². The van der Waals surface area contributed by atoms with Gasteiger partial charge in [0.2, 0.25) is 0 Å². The van der Waals surface area contributed by atoms with Crippen LogP contribution in [-0.4, -0.2) is 16.1 Å². The molecule has 4 nitrogen and oxygen atoms in total. The summed E-state index contributed by atoms with van der Waals surface area (Å²) in [6, 6.07) is 9.84. The zero-order valence-electron chi connectivity index (χ0n) is 9.95. The summed E-state index contributed by atoms with van der Waals surface area (Å²) in [5.41, 5.74) is 1.84. The van der Waals surface area contributed by atoms with Crippen molar-refractivity contribution in [1.82, 2.24) is 4.98 Å². The number of thiazole rings is 1. The van der Waals surface area contributed by atoms with Crippen LogP contribution in [0, 0.1) is 0 Å². The molecule has 2 heterocycles. The number of hydrogen-bond acceptors (Lipinski definition) is 4. The van der Waals surface area contributed by atoms with Crippen LogP contribution in [0.1, 0.15) is 23.1 Å². The lowest BCUT2D eigenvalue weighted by Crippen LogP contribution is -2.09. The normalized spacial score (nSPS) is 16.7. The molecule has 0 fully saturated rings. The highest BCUT2D eigenvalue weighted by Gasteiger charge is 2.25. The fraction of sp³-hybridized carbons (Fsp3) is 0.143. The first kappa shape index (κ1) is 11.9. The molecule has 96 valence electrons. The molecule has 0 saturated carbocycles. The molecule has 0 saturated heterocycles. The van der Waals surface area contributed by atoms with E-state index in [1.165, 1.54) is 17.6 Å². The number of fused-ring (bicyclic) bond motifs is 1. The molecule has 19 heavy (non-hydrogen) atoms. The second-order valence-electron chi connectivity index (χ2n) is 4.16. The summed E-state index contributed by atoms with van der Waals surface area (Å²) in [4.78, 5) is 16.3. The van der Waals surface area contributed by atoms with Gasteiger partial charge in [0, 0.05) is 5.56 Å². The molecular weight excluding hydrogens is 262 g/mol. The highest BCUT2D eigenvalue weighted by molar-refractivity contribution is 7.15. The number of carboxylic acids is 1. The van der Waals surface area contributed by atoms with Gasteiger partial charge in [0.1, 0.15) is 11.1 Å². The van der Waals surface area contributed by atoms with Gasteiger partial charge >= 0.3 is 5.97 Å². The lowest BCUT2D eigenvalue weighted by atomic mass is 10.1. The summed E-state index contributed by atoms with van der Waals surface area (Å²) < 4.78 is 5.37. The molecule has 1 aromatic carbocycles. The highest BCUT2D eigenvalue weighted by atomic mass is 32.1. The fourth-order valence-corrected chi connectivity index (χ4v) is 3.05. The Morgan fingerprint density at radius 1 is 1.37 bits per heavy atom. The first-order valence-corrected chi connectivity index (χ1v) is 6.65. The van der Waals surface area contributed by atoms with E-state index in [2.05, 4.69) is 4.98 Å². The second kappa shape index (κ2) is 4.85. The van der Waals surface area contributed by atoms with Gasteiger partial charge in [-0.15, -0.1) is 11.3 Å². The number of hydrogen-bond donors (Lipinski definition) is 1. The molecule has 1 N–H and O–H groups in total. The molecule has 1 aromatic heterocycles. The SMILES string of the molecule is O=C(O)CC1OC=Cc2nc(-c3ccccc3)sc21. The van der Waals surface area contributed by atoms with Gasteiger partial charge in [-0.3, -0.25) is 4.79 Å². The molecule has 3 rings (SSSR count). The van der Waals surface area contributed by atoms with Gasteiger partial charge in [0.15, 0.2) is 0 Å². The number of carboxylic acid groups (broad SMARTS) is 1. The molecule has 1 aliphatic heterocycles. The van der Waals surface area contributed by atoms with Gasteiger partial charge in [0.25, 0.3) is 0 Å². The summed E-state index contributed by atoms with van der Waals surface area (Å²) >= 11 is 1.49. The topological polar surface area (TPSA) is 59.4 Å². The maximum absolute atomic E-state index is 10.8. The third-order valence-electron chi connectivity index (χ3n) is 2.82. The van der Waals surface area contributed by atoms with Crippen molar-refractivity contribution < 1.29 is 14.6 Å². The van der Waals surface area contributed by atoms with Gasteiger partial charge in [-0.2, -0.15) is 0 Å². The minimum Gasteiger partial charge on any atom is -0.492 e. The molecule has 2 aromatic rings. The minimum absolute atomic E-state index is 0.0479. The van der Waals surface area contributed by atoms with E-state index in [-0.39, 0.29) is 6.42 Å². The predicted octanol–water partition coefficient (Wildman–Crippen LogP) is 3.33. The molecule has 0 aliphatic carbocycles. The smallest absolute Gasteiger partial charge is 0.307 e. The maximum Gasteiger partial charge on any atom is 0.307 e. The van der Waals surface area contributed by atoms with Crippen molar-refractivity contribution in [1.29, 1.82) is 0 Å². The van der Waals surface area contributed by atoms with Gasteiger partial charge in [-0.05, 0) is 6.08 Å². The summed E-state index contributed by atoms with van der Waals surface area (Å²) in [6.07, 6.45) is 2.81. The lowest BCUT2D eigenvalue weighted by Gasteiger charge is -2.16. The van der Waals surface area contributed by atoms with Crippen LogP contribution < -0.4 is 0 Å². The first-order chi connectivity index (χ1) is 9.24. The number of carbonyl (C=O) groups is 1. The quantitative estimate of drug-likeness (QED) is 0.931. The number of aliphatic carboxylic acids is 1. The zero-order chi connectivity index (χ0) is 13.2. The van der Waals surface area contributed by atoms with Crippen molar-refractivity contribution in [2.45, 2.75) is 12.5 Å². The fourth-order valence-electron chi connectivity index (χ4n) is 1.96. The zero-order valence-corrected chi connectivity index (χ0v) is 10.8. The van der Waals surface area contributed by atoms with Gasteiger partial charge in [0.05, 0.1) is 23.3 Å². The van der Waals surface area contributed by atoms with Crippen LogP contribution >= 0.6 is 11.3 Å². The largest absolute Gasteiger partial charge is 0.492 e. The number of benzene rings is 1. The molecule has 1 atom stereocenters. The van der Waals surface area contributed by atoms with Crippen LogP contribution in [-0.2, 0) is 9.53 Å². The van der Waals surface area contributed by atoms with Crippen molar-refractivity contribution in [3.8, 4) is 10.6 Å². The van der Waals surface area contributed by atoms with E-state index in [4.69, 9.17) is 9.84 Å². The van der Waals surface area contributed by atoms with Crippen molar-refractivity contribution in [3.05, 3.63) is 47.2 Å². The van der Waals surface area contributed by atoms with Crippen molar-refractivity contribution >= 4 is 23.4 Å². The maximum atomic E-state index is 10.8. The van der Waals surface area contributed by atoms with Crippen molar-refractivity contribution in [2.75, 3.05) is 0 Å².